The molecule has 1 aliphatic rings. The standard InChI is InChI=1S/C25H26N2O4S/c28-25(26-20-15-17-23(18-16-20)31-22-11-7-8-12-22)19-27(21-9-3-1-4-10-21)32(29,30)24-13-5-2-6-14-24/h1-6,9-10,13-18,22H,7-8,11-12,19H2,(H,26,28). The van der Waals surface area contributed by atoms with Crippen molar-refractivity contribution < 1.29 is 17.9 Å². The van der Waals surface area contributed by atoms with Gasteiger partial charge in [0.15, 0.2) is 0 Å². The van der Waals surface area contributed by atoms with Crippen molar-refractivity contribution in [3.05, 3.63) is 84.9 Å². The van der Waals surface area contributed by atoms with Gasteiger partial charge in [0.1, 0.15) is 12.3 Å². The molecule has 32 heavy (non-hydrogen) atoms. The number of hydrogen-bond donors (Lipinski definition) is 1. The number of sulfonamides is 1. The molecular formula is C25H26N2O4S. The first-order valence-electron chi connectivity index (χ1n) is 10.7. The molecule has 4 rings (SSSR count). The third-order valence-electron chi connectivity index (χ3n) is 5.41. The highest BCUT2D eigenvalue weighted by Gasteiger charge is 2.27. The number of ether oxygens (including phenoxy) is 1. The first-order valence-corrected chi connectivity index (χ1v) is 12.2. The lowest BCUT2D eigenvalue weighted by Gasteiger charge is -2.24. The smallest absolute Gasteiger partial charge is 0.264 e. The average Bonchev–Trinajstić information content (AvgIpc) is 3.33. The molecular weight excluding hydrogens is 424 g/mol. The molecule has 1 aliphatic carbocycles. The van der Waals surface area contributed by atoms with Gasteiger partial charge in [0, 0.05) is 5.69 Å². The molecule has 3 aromatic rings. The van der Waals surface area contributed by atoms with E-state index < -0.39 is 15.9 Å². The summed E-state index contributed by atoms with van der Waals surface area (Å²) in [5.41, 5.74) is 1.01. The van der Waals surface area contributed by atoms with E-state index in [1.807, 2.05) is 12.1 Å². The number of hydrogen-bond acceptors (Lipinski definition) is 4. The fourth-order valence-electron chi connectivity index (χ4n) is 3.78. The van der Waals surface area contributed by atoms with Crippen LogP contribution in [-0.4, -0.2) is 27.0 Å². The highest BCUT2D eigenvalue weighted by atomic mass is 32.2. The number of nitrogens with zero attached hydrogens (tertiary/aromatic N) is 1. The minimum atomic E-state index is -3.91. The van der Waals surface area contributed by atoms with Crippen LogP contribution in [0.1, 0.15) is 25.7 Å². The Kier molecular flexibility index (Phi) is 6.75. The third kappa shape index (κ3) is 5.29. The Hall–Kier alpha value is -3.32. The van der Waals surface area contributed by atoms with E-state index in [0.29, 0.717) is 11.4 Å². The Morgan fingerprint density at radius 3 is 2.09 bits per heavy atom. The van der Waals surface area contributed by atoms with Crippen molar-refractivity contribution in [1.82, 2.24) is 0 Å². The van der Waals surface area contributed by atoms with Gasteiger partial charge in [-0.1, -0.05) is 36.4 Å². The molecule has 0 aromatic heterocycles. The molecule has 0 radical (unpaired) electrons. The highest BCUT2D eigenvalue weighted by Crippen LogP contribution is 2.26. The summed E-state index contributed by atoms with van der Waals surface area (Å²) in [6.07, 6.45) is 4.80. The molecule has 6 nitrogen and oxygen atoms in total. The predicted octanol–water partition coefficient (Wildman–Crippen LogP) is 4.84. The van der Waals surface area contributed by atoms with E-state index in [4.69, 9.17) is 4.74 Å². The van der Waals surface area contributed by atoms with Crippen LogP contribution < -0.4 is 14.4 Å². The summed E-state index contributed by atoms with van der Waals surface area (Å²) in [4.78, 5) is 12.9. The minimum Gasteiger partial charge on any atom is -0.490 e. The van der Waals surface area contributed by atoms with E-state index in [2.05, 4.69) is 5.32 Å². The number of nitrogens with one attached hydrogen (secondary N) is 1. The van der Waals surface area contributed by atoms with Crippen LogP contribution in [0.15, 0.2) is 89.8 Å². The van der Waals surface area contributed by atoms with E-state index in [1.54, 1.807) is 60.7 Å². The van der Waals surface area contributed by atoms with E-state index in [0.717, 1.165) is 22.9 Å². The summed E-state index contributed by atoms with van der Waals surface area (Å²) in [5, 5.41) is 2.79. The maximum Gasteiger partial charge on any atom is 0.264 e. The Bertz CT molecular complexity index is 1130. The molecule has 0 saturated heterocycles. The van der Waals surface area contributed by atoms with Crippen LogP contribution in [0.25, 0.3) is 0 Å². The average molecular weight is 451 g/mol. The lowest BCUT2D eigenvalue weighted by molar-refractivity contribution is -0.114. The largest absolute Gasteiger partial charge is 0.490 e. The van der Waals surface area contributed by atoms with E-state index in [-0.39, 0.29) is 17.5 Å². The van der Waals surface area contributed by atoms with Gasteiger partial charge in [0.2, 0.25) is 5.91 Å². The van der Waals surface area contributed by atoms with Crippen LogP contribution in [0.4, 0.5) is 11.4 Å². The predicted molar refractivity (Wildman–Crippen MR) is 125 cm³/mol. The second kappa shape index (κ2) is 9.87. The van der Waals surface area contributed by atoms with Crippen molar-refractivity contribution in [1.29, 1.82) is 0 Å². The van der Waals surface area contributed by atoms with Crippen LogP contribution in [0, 0.1) is 0 Å². The summed E-state index contributed by atoms with van der Waals surface area (Å²) < 4.78 is 33.6. The van der Waals surface area contributed by atoms with Crippen LogP contribution in [0.5, 0.6) is 5.75 Å². The maximum absolute atomic E-state index is 13.3. The van der Waals surface area contributed by atoms with Crippen LogP contribution in [0.2, 0.25) is 0 Å². The van der Waals surface area contributed by atoms with E-state index in [9.17, 15) is 13.2 Å². The molecule has 166 valence electrons. The molecule has 7 heteroatoms. The van der Waals surface area contributed by atoms with Gasteiger partial charge in [-0.15, -0.1) is 0 Å². The molecule has 3 aromatic carbocycles. The molecule has 1 N–H and O–H groups in total. The van der Waals surface area contributed by atoms with Crippen LogP contribution >= 0.6 is 0 Å². The van der Waals surface area contributed by atoms with Crippen molar-refractivity contribution in [3.8, 4) is 5.75 Å². The van der Waals surface area contributed by atoms with E-state index in [1.165, 1.54) is 25.0 Å². The highest BCUT2D eigenvalue weighted by molar-refractivity contribution is 7.92. The summed E-state index contributed by atoms with van der Waals surface area (Å²) in [6.45, 7) is -0.346. The Morgan fingerprint density at radius 1 is 0.875 bits per heavy atom. The molecule has 0 atom stereocenters. The van der Waals surface area contributed by atoms with Gasteiger partial charge >= 0.3 is 0 Å². The zero-order valence-corrected chi connectivity index (χ0v) is 18.5. The Labute approximate surface area is 188 Å². The van der Waals surface area contributed by atoms with Crippen LogP contribution in [-0.2, 0) is 14.8 Å². The van der Waals surface area contributed by atoms with Crippen LogP contribution in [0.3, 0.4) is 0 Å². The van der Waals surface area contributed by atoms with Gasteiger partial charge in [-0.3, -0.25) is 9.10 Å². The van der Waals surface area contributed by atoms with Gasteiger partial charge in [0.05, 0.1) is 16.7 Å². The molecule has 1 amide bonds. The molecule has 0 unspecified atom stereocenters. The SMILES string of the molecule is O=C(CN(c1ccccc1)S(=O)(=O)c1ccccc1)Nc1ccc(OC2CCCC2)cc1. The minimum absolute atomic E-state index is 0.130. The molecule has 0 bridgehead atoms. The zero-order chi connectivity index (χ0) is 22.4. The van der Waals surface area contributed by atoms with Crippen molar-refractivity contribution in [2.24, 2.45) is 0 Å². The van der Waals surface area contributed by atoms with Crippen molar-refractivity contribution in [2.75, 3.05) is 16.2 Å². The number of carbonyl (C=O) groups excluding carboxylic acids is 1. The quantitative estimate of drug-likeness (QED) is 0.533. The summed E-state index contributed by atoms with van der Waals surface area (Å²) in [6, 6.07) is 23.9. The summed E-state index contributed by atoms with van der Waals surface area (Å²) in [5.74, 6) is 0.338. The summed E-state index contributed by atoms with van der Waals surface area (Å²) >= 11 is 0. The lowest BCUT2D eigenvalue weighted by atomic mass is 10.2. The molecule has 1 saturated carbocycles. The fraction of sp³-hybridized carbons (Fsp3) is 0.240. The van der Waals surface area contributed by atoms with Crippen molar-refractivity contribution >= 4 is 27.3 Å². The number of rotatable bonds is 8. The topological polar surface area (TPSA) is 75.7 Å². The van der Waals surface area contributed by atoms with Gasteiger partial charge in [-0.25, -0.2) is 8.42 Å². The lowest BCUT2D eigenvalue weighted by Crippen LogP contribution is -2.38. The summed E-state index contributed by atoms with van der Waals surface area (Å²) in [7, 11) is -3.91. The molecule has 0 aliphatic heterocycles. The van der Waals surface area contributed by atoms with Gasteiger partial charge < -0.3 is 10.1 Å². The number of carbonyl (C=O) groups is 1. The second-order valence-electron chi connectivity index (χ2n) is 7.76. The maximum atomic E-state index is 13.3. The van der Waals surface area contributed by atoms with Crippen molar-refractivity contribution in [3.63, 3.8) is 0 Å². The zero-order valence-electron chi connectivity index (χ0n) is 17.7. The van der Waals surface area contributed by atoms with Crippen molar-refractivity contribution in [2.45, 2.75) is 36.7 Å². The number of benzene rings is 3. The normalized spacial score (nSPS) is 14.1. The number of anilines is 2. The number of amides is 1. The first kappa shape index (κ1) is 21.9. The van der Waals surface area contributed by atoms with Gasteiger partial charge in [0.25, 0.3) is 10.0 Å². The van der Waals surface area contributed by atoms with Gasteiger partial charge in [-0.2, -0.15) is 0 Å². The molecule has 1 fully saturated rings. The number of para-hydroxylation sites is 1. The Balaban J connectivity index is 1.48. The second-order valence-corrected chi connectivity index (χ2v) is 9.62. The molecule has 0 spiro atoms. The fourth-order valence-corrected chi connectivity index (χ4v) is 5.22. The third-order valence-corrected chi connectivity index (χ3v) is 7.19. The monoisotopic (exact) mass is 450 g/mol. The molecule has 0 heterocycles. The first-order chi connectivity index (χ1) is 15.5. The van der Waals surface area contributed by atoms with E-state index >= 15 is 0 Å². The Morgan fingerprint density at radius 2 is 1.47 bits per heavy atom. The van der Waals surface area contributed by atoms with Gasteiger partial charge in [-0.05, 0) is 74.2 Å².